The highest BCUT2D eigenvalue weighted by Crippen LogP contribution is 2.37. The second kappa shape index (κ2) is 3.82. The number of hydrogen-bond acceptors (Lipinski definition) is 4. The molecule has 0 amide bonds. The smallest absolute Gasteiger partial charge is 0.255 e. The van der Waals surface area contributed by atoms with E-state index in [4.69, 9.17) is 11.6 Å². The van der Waals surface area contributed by atoms with Gasteiger partial charge in [-0.25, -0.2) is 0 Å². The minimum Gasteiger partial charge on any atom is -0.353 e. The van der Waals surface area contributed by atoms with Gasteiger partial charge < -0.3 is 4.90 Å². The topological polar surface area (TPSA) is 46.3 Å². The largest absolute Gasteiger partial charge is 0.353 e. The van der Waals surface area contributed by atoms with E-state index in [1.165, 1.54) is 32.0 Å². The van der Waals surface area contributed by atoms with Crippen molar-refractivity contribution >= 4 is 23.2 Å². The molecule has 0 aliphatic heterocycles. The molecule has 0 atom stereocenters. The van der Waals surface area contributed by atoms with E-state index in [1.807, 2.05) is 6.07 Å². The van der Waals surface area contributed by atoms with Crippen LogP contribution in [0.15, 0.2) is 12.4 Å². The minimum absolute atomic E-state index is 0.493. The third-order valence-electron chi connectivity index (χ3n) is 3.64. The maximum absolute atomic E-state index is 6.08. The first-order valence-corrected chi connectivity index (χ1v) is 6.82. The lowest BCUT2D eigenvalue weighted by Gasteiger charge is -2.24. The van der Waals surface area contributed by atoms with Gasteiger partial charge in [0.05, 0.1) is 0 Å². The van der Waals surface area contributed by atoms with E-state index >= 15 is 0 Å². The Balaban J connectivity index is 1.79. The van der Waals surface area contributed by atoms with Crippen molar-refractivity contribution < 1.29 is 0 Å². The highest BCUT2D eigenvalue weighted by molar-refractivity contribution is 6.29. The molecule has 2 saturated carbocycles. The Kier molecular flexibility index (Phi) is 2.24. The SMILES string of the molecule is Clc1cc(N(CC2CC2)C2CC2)n2ncnc2n1. The molecule has 0 saturated heterocycles. The summed E-state index contributed by atoms with van der Waals surface area (Å²) >= 11 is 6.08. The van der Waals surface area contributed by atoms with Crippen molar-refractivity contribution in [2.24, 2.45) is 5.92 Å². The summed E-state index contributed by atoms with van der Waals surface area (Å²) in [5, 5.41) is 4.75. The first kappa shape index (κ1) is 10.6. The summed E-state index contributed by atoms with van der Waals surface area (Å²) in [5.41, 5.74) is 0. The summed E-state index contributed by atoms with van der Waals surface area (Å²) in [4.78, 5) is 10.7. The number of anilines is 1. The fourth-order valence-corrected chi connectivity index (χ4v) is 2.54. The van der Waals surface area contributed by atoms with Gasteiger partial charge in [-0.1, -0.05) is 11.6 Å². The Labute approximate surface area is 110 Å². The van der Waals surface area contributed by atoms with Crippen molar-refractivity contribution in [3.05, 3.63) is 17.5 Å². The van der Waals surface area contributed by atoms with Crippen molar-refractivity contribution in [1.82, 2.24) is 19.6 Å². The number of aromatic nitrogens is 4. The van der Waals surface area contributed by atoms with Gasteiger partial charge in [-0.15, -0.1) is 0 Å². The first-order chi connectivity index (χ1) is 8.81. The van der Waals surface area contributed by atoms with Gasteiger partial charge in [0, 0.05) is 18.7 Å². The number of rotatable bonds is 4. The summed E-state index contributed by atoms with van der Waals surface area (Å²) < 4.78 is 1.80. The van der Waals surface area contributed by atoms with E-state index in [0.717, 1.165) is 18.3 Å². The number of fused-ring (bicyclic) bond motifs is 1. The Morgan fingerprint density at radius 3 is 2.89 bits per heavy atom. The summed E-state index contributed by atoms with van der Waals surface area (Å²) in [6, 6.07) is 2.56. The Morgan fingerprint density at radius 1 is 1.33 bits per heavy atom. The van der Waals surface area contributed by atoms with Gasteiger partial charge in [-0.2, -0.15) is 19.6 Å². The van der Waals surface area contributed by atoms with Crippen molar-refractivity contribution in [1.29, 1.82) is 0 Å². The summed E-state index contributed by atoms with van der Waals surface area (Å²) in [6.45, 7) is 1.11. The molecule has 2 aromatic rings. The van der Waals surface area contributed by atoms with Crippen molar-refractivity contribution in [3.8, 4) is 0 Å². The summed E-state index contributed by atoms with van der Waals surface area (Å²) in [7, 11) is 0. The van der Waals surface area contributed by atoms with E-state index in [9.17, 15) is 0 Å². The van der Waals surface area contributed by atoms with Crippen LogP contribution >= 0.6 is 11.6 Å². The van der Waals surface area contributed by atoms with Crippen LogP contribution in [0.3, 0.4) is 0 Å². The molecule has 94 valence electrons. The molecule has 0 N–H and O–H groups in total. The van der Waals surface area contributed by atoms with E-state index < -0.39 is 0 Å². The maximum Gasteiger partial charge on any atom is 0.255 e. The van der Waals surface area contributed by atoms with Crippen LogP contribution in [0.5, 0.6) is 0 Å². The lowest BCUT2D eigenvalue weighted by atomic mass is 10.3. The van der Waals surface area contributed by atoms with Gasteiger partial charge in [0.25, 0.3) is 5.78 Å². The van der Waals surface area contributed by atoms with Crippen molar-refractivity contribution in [2.45, 2.75) is 31.7 Å². The Morgan fingerprint density at radius 2 is 2.17 bits per heavy atom. The summed E-state index contributed by atoms with van der Waals surface area (Å²) in [6.07, 6.45) is 6.77. The van der Waals surface area contributed by atoms with Crippen molar-refractivity contribution in [2.75, 3.05) is 11.4 Å². The quantitative estimate of drug-likeness (QED) is 0.793. The van der Waals surface area contributed by atoms with E-state index in [2.05, 4.69) is 20.0 Å². The number of halogens is 1. The lowest BCUT2D eigenvalue weighted by molar-refractivity contribution is 0.693. The number of nitrogens with zero attached hydrogens (tertiary/aromatic N) is 5. The predicted molar refractivity (Wildman–Crippen MR) is 68.9 cm³/mol. The molecule has 5 nitrogen and oxygen atoms in total. The van der Waals surface area contributed by atoms with Crippen LogP contribution in [0.1, 0.15) is 25.7 Å². The van der Waals surface area contributed by atoms with Crippen LogP contribution in [0.4, 0.5) is 5.82 Å². The van der Waals surface area contributed by atoms with Crippen LogP contribution in [-0.2, 0) is 0 Å². The monoisotopic (exact) mass is 263 g/mol. The molecule has 0 radical (unpaired) electrons. The van der Waals surface area contributed by atoms with Gasteiger partial charge in [0.2, 0.25) is 0 Å². The zero-order valence-corrected chi connectivity index (χ0v) is 10.7. The molecule has 18 heavy (non-hydrogen) atoms. The van der Waals surface area contributed by atoms with Gasteiger partial charge in [0.15, 0.2) is 0 Å². The van der Waals surface area contributed by atoms with E-state index in [0.29, 0.717) is 17.0 Å². The van der Waals surface area contributed by atoms with Crippen LogP contribution in [0.2, 0.25) is 5.15 Å². The van der Waals surface area contributed by atoms with Gasteiger partial charge in [-0.05, 0) is 31.6 Å². The molecule has 2 aromatic heterocycles. The van der Waals surface area contributed by atoms with E-state index in [-0.39, 0.29) is 0 Å². The molecule has 0 unspecified atom stereocenters. The molecule has 2 heterocycles. The Hall–Kier alpha value is -1.36. The Bertz CT molecular complexity index is 587. The summed E-state index contributed by atoms with van der Waals surface area (Å²) in [5.74, 6) is 2.46. The van der Waals surface area contributed by atoms with E-state index in [1.54, 1.807) is 4.52 Å². The van der Waals surface area contributed by atoms with Crippen LogP contribution in [0.25, 0.3) is 5.78 Å². The fraction of sp³-hybridized carbons (Fsp3) is 0.583. The van der Waals surface area contributed by atoms with Gasteiger partial charge in [0.1, 0.15) is 17.3 Å². The average Bonchev–Trinajstić information content (AvgIpc) is 3.24. The maximum atomic E-state index is 6.08. The molecule has 6 heteroatoms. The molecule has 2 aliphatic rings. The highest BCUT2D eigenvalue weighted by atomic mass is 35.5. The fourth-order valence-electron chi connectivity index (χ4n) is 2.37. The normalized spacial score (nSPS) is 19.4. The molecule has 2 fully saturated rings. The minimum atomic E-state index is 0.493. The van der Waals surface area contributed by atoms with Crippen LogP contribution < -0.4 is 4.90 Å². The first-order valence-electron chi connectivity index (χ1n) is 6.44. The van der Waals surface area contributed by atoms with Crippen LogP contribution in [-0.4, -0.2) is 32.2 Å². The highest BCUT2D eigenvalue weighted by Gasteiger charge is 2.35. The molecule has 4 rings (SSSR count). The average molecular weight is 264 g/mol. The second-order valence-electron chi connectivity index (χ2n) is 5.24. The molecular weight excluding hydrogens is 250 g/mol. The molecular formula is C12H14ClN5. The lowest BCUT2D eigenvalue weighted by Crippen LogP contribution is -2.30. The van der Waals surface area contributed by atoms with Gasteiger partial charge >= 0.3 is 0 Å². The van der Waals surface area contributed by atoms with Crippen LogP contribution in [0, 0.1) is 5.92 Å². The molecule has 2 aliphatic carbocycles. The van der Waals surface area contributed by atoms with Crippen molar-refractivity contribution in [3.63, 3.8) is 0 Å². The predicted octanol–water partition coefficient (Wildman–Crippen LogP) is 2.16. The zero-order valence-electron chi connectivity index (χ0n) is 9.96. The van der Waals surface area contributed by atoms with Gasteiger partial charge in [-0.3, -0.25) is 0 Å². The standard InChI is InChI=1S/C12H14ClN5/c13-10-5-11(18-12(16-10)14-7-15-18)17(9-3-4-9)6-8-1-2-8/h5,7-9H,1-4,6H2. The molecule has 0 aromatic carbocycles. The third kappa shape index (κ3) is 1.82. The molecule has 0 bridgehead atoms. The molecule has 0 spiro atoms. The third-order valence-corrected chi connectivity index (χ3v) is 3.83. The number of hydrogen-bond donors (Lipinski definition) is 0. The second-order valence-corrected chi connectivity index (χ2v) is 5.62. The zero-order chi connectivity index (χ0) is 12.1.